The van der Waals surface area contributed by atoms with E-state index in [0.717, 1.165) is 0 Å². The van der Waals surface area contributed by atoms with Crippen LogP contribution < -0.4 is 0 Å². The van der Waals surface area contributed by atoms with E-state index in [9.17, 15) is 22.0 Å². The predicted octanol–water partition coefficient (Wildman–Crippen LogP) is 3.71. The first-order valence-corrected chi connectivity index (χ1v) is 4.17. The van der Waals surface area contributed by atoms with Crippen LogP contribution in [0.2, 0.25) is 0 Å². The van der Waals surface area contributed by atoms with Crippen LogP contribution in [0, 0.1) is 0 Å². The fraction of sp³-hybridized carbons (Fsp3) is 1.00. The number of rotatable bonds is 4. The maximum absolute atomic E-state index is 11.5. The van der Waals surface area contributed by atoms with E-state index in [0.29, 0.717) is 0 Å². The summed E-state index contributed by atoms with van der Waals surface area (Å²) in [7, 11) is 0. The molecule has 0 N–H and O–H groups in total. The number of alkyl halides is 7. The molecule has 0 fully saturated rings. The van der Waals surface area contributed by atoms with Gasteiger partial charge in [-0.25, -0.2) is 13.2 Å². The molecule has 0 spiro atoms. The molecule has 0 aromatic rings. The number of hydrogen-bond donors (Lipinski definition) is 0. The Morgan fingerprint density at radius 1 is 0.923 bits per heavy atom. The lowest BCUT2D eigenvalue weighted by molar-refractivity contribution is 0.124. The van der Waals surface area contributed by atoms with Gasteiger partial charge in [0.25, 0.3) is 6.43 Å². The third kappa shape index (κ3) is 12.2. The minimum absolute atomic E-state index is 0.0556. The number of halogens is 7. The van der Waals surface area contributed by atoms with Gasteiger partial charge in [-0.3, -0.25) is 8.78 Å². The van der Waals surface area contributed by atoms with Crippen molar-refractivity contribution in [3.05, 3.63) is 0 Å². The minimum Gasteiger partial charge on any atom is -0.251 e. The Morgan fingerprint density at radius 2 is 1.31 bits per heavy atom. The summed E-state index contributed by atoms with van der Waals surface area (Å²) in [5, 5.41) is -1.89. The maximum atomic E-state index is 11.5. The first-order chi connectivity index (χ1) is 5.97. The molecule has 0 aliphatic rings. The highest BCUT2D eigenvalue weighted by Crippen LogP contribution is 2.17. The summed E-state index contributed by atoms with van der Waals surface area (Å²) in [6.07, 6.45) is -2.84. The smallest absolute Gasteiger partial charge is 0.251 e. The highest BCUT2D eigenvalue weighted by molar-refractivity contribution is 6.29. The zero-order chi connectivity index (χ0) is 10.9. The minimum atomic E-state index is -2.90. The summed E-state index contributed by atoms with van der Waals surface area (Å²) in [5.41, 5.74) is -2.17. The van der Waals surface area contributed by atoms with Gasteiger partial charge in [0.2, 0.25) is 0 Å². The van der Waals surface area contributed by atoms with Gasteiger partial charge in [0.05, 0.1) is 13.3 Å². The zero-order valence-electron chi connectivity index (χ0n) is 6.50. The highest BCUT2D eigenvalue weighted by Gasteiger charge is 2.25. The fourth-order valence-electron chi connectivity index (χ4n) is 0.160. The van der Waals surface area contributed by atoms with E-state index in [-0.39, 0.29) is 6.42 Å². The van der Waals surface area contributed by atoms with Crippen LogP contribution in [0.5, 0.6) is 0 Å². The molecule has 0 nitrogen and oxygen atoms in total. The van der Waals surface area contributed by atoms with Crippen molar-refractivity contribution in [2.24, 2.45) is 0 Å². The molecule has 0 aromatic heterocycles. The standard InChI is InChI=1S/C3H3Cl2F3.C3H6F2/c4-1(2(5)6)3(7)8;4-2-1-3-5/h1-3H;1-3H2. The average Bonchev–Trinajstić information content (AvgIpc) is 2.05. The third-order valence-electron chi connectivity index (χ3n) is 0.749. The van der Waals surface area contributed by atoms with E-state index in [4.69, 9.17) is 11.6 Å². The van der Waals surface area contributed by atoms with E-state index in [1.54, 1.807) is 0 Å². The van der Waals surface area contributed by atoms with Gasteiger partial charge in [-0.2, -0.15) is 0 Å². The summed E-state index contributed by atoms with van der Waals surface area (Å²) in [6.45, 7) is -1.06. The Balaban J connectivity index is 0. The van der Waals surface area contributed by atoms with Gasteiger partial charge in [0.15, 0.2) is 5.63 Å². The molecule has 7 heteroatoms. The predicted molar refractivity (Wildman–Crippen MR) is 43.0 cm³/mol. The van der Waals surface area contributed by atoms with Crippen LogP contribution in [0.3, 0.4) is 0 Å². The van der Waals surface area contributed by atoms with Gasteiger partial charge in [0, 0.05) is 6.42 Å². The largest absolute Gasteiger partial charge is 0.258 e. The quantitative estimate of drug-likeness (QED) is 0.524. The van der Waals surface area contributed by atoms with Crippen LogP contribution in [-0.2, 0) is 0 Å². The van der Waals surface area contributed by atoms with Crippen molar-refractivity contribution in [1.82, 2.24) is 0 Å². The lowest BCUT2D eigenvalue weighted by Gasteiger charge is -2.05. The molecule has 0 amide bonds. The van der Waals surface area contributed by atoms with Crippen LogP contribution in [0.4, 0.5) is 22.0 Å². The monoisotopic (exact) mass is 246 g/mol. The van der Waals surface area contributed by atoms with E-state index in [2.05, 4.69) is 11.6 Å². The first kappa shape index (κ1) is 15.7. The molecule has 0 bridgehead atoms. The molecule has 13 heavy (non-hydrogen) atoms. The van der Waals surface area contributed by atoms with E-state index in [1.807, 2.05) is 0 Å². The first-order valence-electron chi connectivity index (χ1n) is 3.29. The van der Waals surface area contributed by atoms with Crippen molar-refractivity contribution in [2.75, 3.05) is 13.3 Å². The van der Waals surface area contributed by atoms with Crippen LogP contribution >= 0.6 is 23.2 Å². The Morgan fingerprint density at radius 3 is 1.31 bits per heavy atom. The molecule has 0 aliphatic carbocycles. The second kappa shape index (κ2) is 10.3. The molecule has 0 radical (unpaired) electrons. The average molecular weight is 247 g/mol. The molecular formula is C6H9Cl2F5. The van der Waals surface area contributed by atoms with Gasteiger partial charge in [-0.15, -0.1) is 11.6 Å². The lowest BCUT2D eigenvalue weighted by Crippen LogP contribution is -2.18. The molecular weight excluding hydrogens is 238 g/mol. The maximum Gasteiger partial charge on any atom is 0.258 e. The topological polar surface area (TPSA) is 0 Å². The molecule has 0 saturated heterocycles. The number of hydrogen-bond acceptors (Lipinski definition) is 0. The van der Waals surface area contributed by atoms with E-state index < -0.39 is 30.8 Å². The summed E-state index contributed by atoms with van der Waals surface area (Å²) in [6, 6.07) is 0. The molecule has 0 aromatic carbocycles. The summed E-state index contributed by atoms with van der Waals surface area (Å²) < 4.78 is 55.5. The lowest BCUT2D eigenvalue weighted by atomic mass is 10.5. The normalized spacial score (nSPS) is 14.8. The van der Waals surface area contributed by atoms with Crippen LogP contribution in [0.25, 0.3) is 0 Å². The van der Waals surface area contributed by atoms with Crippen LogP contribution in [-0.4, -0.2) is 30.8 Å². The molecule has 0 rings (SSSR count). The van der Waals surface area contributed by atoms with Gasteiger partial charge in [-0.05, 0) is 0 Å². The van der Waals surface area contributed by atoms with Crippen molar-refractivity contribution >= 4 is 23.2 Å². The second-order valence-corrected chi connectivity index (χ2v) is 2.77. The van der Waals surface area contributed by atoms with Gasteiger partial charge < -0.3 is 0 Å². The SMILES string of the molecule is FC(F)C(Cl)C(F)Cl.FCCCF. The van der Waals surface area contributed by atoms with Gasteiger partial charge in [-0.1, -0.05) is 11.6 Å². The fourth-order valence-corrected chi connectivity index (χ4v) is 0.270. The van der Waals surface area contributed by atoms with Crippen molar-refractivity contribution in [3.8, 4) is 0 Å². The summed E-state index contributed by atoms with van der Waals surface area (Å²) >= 11 is 9.24. The molecule has 82 valence electrons. The summed E-state index contributed by atoms with van der Waals surface area (Å²) in [5.74, 6) is 0. The van der Waals surface area contributed by atoms with Crippen molar-refractivity contribution in [2.45, 2.75) is 23.9 Å². The van der Waals surface area contributed by atoms with Crippen molar-refractivity contribution < 1.29 is 22.0 Å². The molecule has 0 aliphatic heterocycles. The van der Waals surface area contributed by atoms with Crippen LogP contribution in [0.1, 0.15) is 6.42 Å². The third-order valence-corrected chi connectivity index (χ3v) is 1.56. The molecule has 2 atom stereocenters. The van der Waals surface area contributed by atoms with E-state index in [1.165, 1.54) is 0 Å². The van der Waals surface area contributed by atoms with Gasteiger partial charge in [0.1, 0.15) is 5.38 Å². The van der Waals surface area contributed by atoms with E-state index >= 15 is 0 Å². The van der Waals surface area contributed by atoms with Crippen LogP contribution in [0.15, 0.2) is 0 Å². The Hall–Kier alpha value is 0.230. The van der Waals surface area contributed by atoms with Crippen molar-refractivity contribution in [3.63, 3.8) is 0 Å². The Labute approximate surface area is 83.0 Å². The Kier molecular flexibility index (Phi) is 12.4. The zero-order valence-corrected chi connectivity index (χ0v) is 8.01. The molecule has 0 saturated carbocycles. The molecule has 2 unspecified atom stereocenters. The second-order valence-electron chi connectivity index (χ2n) is 1.84. The Bertz CT molecular complexity index is 91.0. The highest BCUT2D eigenvalue weighted by atomic mass is 35.5. The summed E-state index contributed by atoms with van der Waals surface area (Å²) in [4.78, 5) is 0. The van der Waals surface area contributed by atoms with Gasteiger partial charge >= 0.3 is 0 Å². The van der Waals surface area contributed by atoms with Crippen molar-refractivity contribution in [1.29, 1.82) is 0 Å². The molecule has 0 heterocycles.